The van der Waals surface area contributed by atoms with Gasteiger partial charge in [0.25, 0.3) is 0 Å². The molecule has 1 N–H and O–H groups in total. The van der Waals surface area contributed by atoms with Crippen LogP contribution in [-0.2, 0) is 4.79 Å². The summed E-state index contributed by atoms with van der Waals surface area (Å²) >= 11 is 0. The lowest BCUT2D eigenvalue weighted by molar-refractivity contribution is -0.136. The smallest absolute Gasteiger partial charge is 0.303 e. The summed E-state index contributed by atoms with van der Waals surface area (Å²) in [6.45, 7) is 0. The third kappa shape index (κ3) is 3.93. The number of carboxylic acid groups (broad SMARTS) is 1. The van der Waals surface area contributed by atoms with E-state index in [0.29, 0.717) is 6.42 Å². The summed E-state index contributed by atoms with van der Waals surface area (Å²) in [6.07, 6.45) is 4.56. The van der Waals surface area contributed by atoms with Gasteiger partial charge in [0.2, 0.25) is 0 Å². The minimum atomic E-state index is -0.778. The Kier molecular flexibility index (Phi) is 5.30. The van der Waals surface area contributed by atoms with Crippen molar-refractivity contribution >= 4 is 34.0 Å². The van der Waals surface area contributed by atoms with Gasteiger partial charge in [-0.2, -0.15) is 0 Å². The summed E-state index contributed by atoms with van der Waals surface area (Å²) in [5.41, 5.74) is 7.27. The Morgan fingerprint density at radius 1 is 0.781 bits per heavy atom. The Hall–Kier alpha value is -4.11. The van der Waals surface area contributed by atoms with E-state index in [0.717, 1.165) is 49.8 Å². The van der Waals surface area contributed by atoms with Gasteiger partial charge < -0.3 is 9.52 Å². The van der Waals surface area contributed by atoms with E-state index in [1.54, 1.807) is 0 Å². The summed E-state index contributed by atoms with van der Waals surface area (Å²) in [6, 6.07) is 31.2. The van der Waals surface area contributed by atoms with Gasteiger partial charge in [0.05, 0.1) is 0 Å². The van der Waals surface area contributed by atoms with Crippen molar-refractivity contribution < 1.29 is 14.3 Å². The molecule has 0 aliphatic rings. The minimum Gasteiger partial charge on any atom is -0.481 e. The van der Waals surface area contributed by atoms with Crippen LogP contribution in [0, 0.1) is 0 Å². The summed E-state index contributed by atoms with van der Waals surface area (Å²) in [5, 5.41) is 11.0. The molecule has 0 saturated heterocycles. The molecule has 0 aliphatic heterocycles. The Bertz CT molecular complexity index is 1460. The van der Waals surface area contributed by atoms with E-state index < -0.39 is 5.97 Å². The number of carboxylic acids is 1. The third-order valence-electron chi connectivity index (χ3n) is 5.63. The highest BCUT2D eigenvalue weighted by Crippen LogP contribution is 2.36. The predicted molar refractivity (Wildman–Crippen MR) is 130 cm³/mol. The molecule has 1 heterocycles. The Morgan fingerprint density at radius 2 is 1.50 bits per heavy atom. The third-order valence-corrected chi connectivity index (χ3v) is 5.63. The first-order valence-corrected chi connectivity index (χ1v) is 10.7. The van der Waals surface area contributed by atoms with Gasteiger partial charge in [-0.15, -0.1) is 0 Å². The molecule has 5 aromatic rings. The zero-order valence-corrected chi connectivity index (χ0v) is 17.5. The molecule has 0 amide bonds. The molecular formula is C29H22O3. The standard InChI is InChI=1S/C29H22O3/c30-28(31)17-4-1-8-20-9-5-10-21(18-20)22-11-6-12-23(19-22)24-14-7-15-26-25-13-2-3-16-27(25)32-29(24)26/h1-3,5-16,18-19H,4,17H2,(H,30,31)/b8-1+. The zero-order valence-electron chi connectivity index (χ0n) is 17.5. The number of fused-ring (bicyclic) bond motifs is 3. The molecule has 0 radical (unpaired) electrons. The van der Waals surface area contributed by atoms with Gasteiger partial charge in [-0.3, -0.25) is 4.79 Å². The lowest BCUT2D eigenvalue weighted by atomic mass is 9.97. The van der Waals surface area contributed by atoms with Crippen LogP contribution in [0.2, 0.25) is 0 Å². The van der Waals surface area contributed by atoms with Crippen LogP contribution in [0.5, 0.6) is 0 Å². The molecule has 4 aromatic carbocycles. The zero-order chi connectivity index (χ0) is 21.9. The van der Waals surface area contributed by atoms with Crippen molar-refractivity contribution in [2.24, 2.45) is 0 Å². The van der Waals surface area contributed by atoms with Gasteiger partial charge in [0.1, 0.15) is 11.2 Å². The Morgan fingerprint density at radius 3 is 2.38 bits per heavy atom. The van der Waals surface area contributed by atoms with Gasteiger partial charge in [-0.05, 0) is 46.9 Å². The molecular weight excluding hydrogens is 396 g/mol. The predicted octanol–water partition coefficient (Wildman–Crippen LogP) is 7.80. The highest BCUT2D eigenvalue weighted by molar-refractivity contribution is 6.09. The summed E-state index contributed by atoms with van der Waals surface area (Å²) in [4.78, 5) is 10.7. The topological polar surface area (TPSA) is 50.4 Å². The maximum absolute atomic E-state index is 10.7. The fraction of sp³-hybridized carbons (Fsp3) is 0.0690. The number of aliphatic carboxylic acids is 1. The summed E-state index contributed by atoms with van der Waals surface area (Å²) in [7, 11) is 0. The van der Waals surface area contributed by atoms with E-state index in [-0.39, 0.29) is 6.42 Å². The van der Waals surface area contributed by atoms with Crippen LogP contribution < -0.4 is 0 Å². The molecule has 3 heteroatoms. The highest BCUT2D eigenvalue weighted by Gasteiger charge is 2.12. The van der Waals surface area contributed by atoms with Crippen molar-refractivity contribution in [2.45, 2.75) is 12.8 Å². The maximum atomic E-state index is 10.7. The number of hydrogen-bond donors (Lipinski definition) is 1. The molecule has 1 aromatic heterocycles. The van der Waals surface area contributed by atoms with E-state index in [4.69, 9.17) is 9.52 Å². The first-order valence-electron chi connectivity index (χ1n) is 10.7. The van der Waals surface area contributed by atoms with Crippen molar-refractivity contribution in [1.82, 2.24) is 0 Å². The molecule has 0 atom stereocenters. The number of furan rings is 1. The first-order chi connectivity index (χ1) is 15.7. The Balaban J connectivity index is 1.51. The number of allylic oxidation sites excluding steroid dienone is 1. The van der Waals surface area contributed by atoms with Crippen LogP contribution in [-0.4, -0.2) is 11.1 Å². The van der Waals surface area contributed by atoms with Crippen molar-refractivity contribution in [3.8, 4) is 22.3 Å². The molecule has 0 bridgehead atoms. The van der Waals surface area contributed by atoms with Gasteiger partial charge in [-0.25, -0.2) is 0 Å². The summed E-state index contributed by atoms with van der Waals surface area (Å²) in [5.74, 6) is -0.778. The molecule has 5 rings (SSSR count). The van der Waals surface area contributed by atoms with E-state index in [2.05, 4.69) is 60.7 Å². The molecule has 3 nitrogen and oxygen atoms in total. The second kappa shape index (κ2) is 8.56. The summed E-state index contributed by atoms with van der Waals surface area (Å²) < 4.78 is 6.22. The molecule has 32 heavy (non-hydrogen) atoms. The fourth-order valence-corrected chi connectivity index (χ4v) is 4.09. The molecule has 0 aliphatic carbocycles. The Labute approximate surface area is 186 Å². The average Bonchev–Trinajstić information content (AvgIpc) is 3.21. The van der Waals surface area contributed by atoms with E-state index in [9.17, 15) is 4.79 Å². The second-order valence-corrected chi connectivity index (χ2v) is 7.82. The SMILES string of the molecule is O=C(O)CC/C=C/c1cccc(-c2cccc(-c3cccc4c3oc3ccccc34)c2)c1. The average molecular weight is 418 g/mol. The van der Waals surface area contributed by atoms with Gasteiger partial charge in [0, 0.05) is 22.8 Å². The van der Waals surface area contributed by atoms with E-state index in [1.807, 2.05) is 42.5 Å². The number of rotatable bonds is 6. The monoisotopic (exact) mass is 418 g/mol. The minimum absolute atomic E-state index is 0.144. The molecule has 156 valence electrons. The number of para-hydroxylation sites is 2. The van der Waals surface area contributed by atoms with Crippen molar-refractivity contribution in [1.29, 1.82) is 0 Å². The van der Waals surface area contributed by atoms with Crippen LogP contribution in [0.3, 0.4) is 0 Å². The lowest BCUT2D eigenvalue weighted by Crippen LogP contribution is -1.91. The van der Waals surface area contributed by atoms with Crippen LogP contribution >= 0.6 is 0 Å². The van der Waals surface area contributed by atoms with Crippen molar-refractivity contribution in [2.75, 3.05) is 0 Å². The largest absolute Gasteiger partial charge is 0.481 e. The number of benzene rings is 4. The highest BCUT2D eigenvalue weighted by atomic mass is 16.4. The molecule has 0 fully saturated rings. The molecule has 0 unspecified atom stereocenters. The van der Waals surface area contributed by atoms with E-state index in [1.165, 1.54) is 0 Å². The number of hydrogen-bond acceptors (Lipinski definition) is 2. The van der Waals surface area contributed by atoms with Gasteiger partial charge in [0.15, 0.2) is 0 Å². The van der Waals surface area contributed by atoms with E-state index >= 15 is 0 Å². The van der Waals surface area contributed by atoms with Crippen LogP contribution in [0.4, 0.5) is 0 Å². The van der Waals surface area contributed by atoms with Crippen LogP contribution in [0.15, 0.2) is 101 Å². The first kappa shape index (κ1) is 19.8. The fourth-order valence-electron chi connectivity index (χ4n) is 4.09. The second-order valence-electron chi connectivity index (χ2n) is 7.82. The lowest BCUT2D eigenvalue weighted by Gasteiger charge is -2.08. The van der Waals surface area contributed by atoms with Gasteiger partial charge in [-0.1, -0.05) is 84.9 Å². The van der Waals surface area contributed by atoms with Crippen molar-refractivity contribution in [3.05, 3.63) is 103 Å². The van der Waals surface area contributed by atoms with Crippen molar-refractivity contribution in [3.63, 3.8) is 0 Å². The van der Waals surface area contributed by atoms with Crippen LogP contribution in [0.25, 0.3) is 50.3 Å². The molecule has 0 spiro atoms. The number of carbonyl (C=O) groups is 1. The normalized spacial score (nSPS) is 11.5. The van der Waals surface area contributed by atoms with Crippen LogP contribution in [0.1, 0.15) is 18.4 Å². The molecule has 0 saturated carbocycles. The maximum Gasteiger partial charge on any atom is 0.303 e. The quantitative estimate of drug-likeness (QED) is 0.306. The van der Waals surface area contributed by atoms with Gasteiger partial charge >= 0.3 is 5.97 Å².